The summed E-state index contributed by atoms with van der Waals surface area (Å²) in [6, 6.07) is 5.50. The molecule has 7 heteroatoms. The molecule has 1 aliphatic heterocycles. The van der Waals surface area contributed by atoms with Gasteiger partial charge in [0.2, 0.25) is 0 Å². The van der Waals surface area contributed by atoms with Crippen LogP contribution >= 0.6 is 35.3 Å². The molecule has 0 bridgehead atoms. The average molecular weight is 536 g/mol. The van der Waals surface area contributed by atoms with Crippen LogP contribution in [0.4, 0.5) is 0 Å². The van der Waals surface area contributed by atoms with Gasteiger partial charge >= 0.3 is 0 Å². The highest BCUT2D eigenvalue weighted by molar-refractivity contribution is 14.0. The van der Waals surface area contributed by atoms with E-state index in [4.69, 9.17) is 0 Å². The number of rotatable bonds is 10. The maximum absolute atomic E-state index is 4.43. The lowest BCUT2D eigenvalue weighted by molar-refractivity contribution is 0.140. The molecule has 0 radical (unpaired) electrons. The minimum Gasteiger partial charge on any atom is -0.356 e. The second-order valence-electron chi connectivity index (χ2n) is 8.41. The molecular formula is C22H42IN5S. The number of nitrogens with one attached hydrogen (secondary N) is 2. The molecule has 1 unspecified atom stereocenters. The first-order valence-corrected chi connectivity index (χ1v) is 11.8. The molecule has 0 aliphatic carbocycles. The number of unbranched alkanes of at least 4 members (excludes halogenated alkanes) is 1. The highest BCUT2D eigenvalue weighted by atomic mass is 127. The first-order chi connectivity index (χ1) is 13.5. The molecule has 2 N–H and O–H groups in total. The summed E-state index contributed by atoms with van der Waals surface area (Å²) >= 11 is 1.87. The summed E-state index contributed by atoms with van der Waals surface area (Å²) in [5, 5.41) is 9.26. The van der Waals surface area contributed by atoms with Crippen molar-refractivity contribution >= 4 is 41.3 Å². The molecule has 1 aromatic rings. The molecule has 0 aromatic carbocycles. The van der Waals surface area contributed by atoms with Gasteiger partial charge in [-0.15, -0.1) is 35.3 Å². The van der Waals surface area contributed by atoms with Crippen molar-refractivity contribution in [1.82, 2.24) is 20.4 Å². The van der Waals surface area contributed by atoms with Gasteiger partial charge in [-0.05, 0) is 83.6 Å². The van der Waals surface area contributed by atoms with E-state index in [2.05, 4.69) is 70.8 Å². The summed E-state index contributed by atoms with van der Waals surface area (Å²) in [5.74, 6) is 1.78. The lowest BCUT2D eigenvalue weighted by atomic mass is 9.97. The molecule has 1 fully saturated rings. The van der Waals surface area contributed by atoms with Crippen LogP contribution in [0, 0.1) is 5.92 Å². The predicted octanol–water partition coefficient (Wildman–Crippen LogP) is 4.42. The molecule has 0 spiro atoms. The van der Waals surface area contributed by atoms with Gasteiger partial charge in [0.1, 0.15) is 0 Å². The number of halogens is 1. The Morgan fingerprint density at radius 2 is 2.00 bits per heavy atom. The molecule has 29 heavy (non-hydrogen) atoms. The Hall–Kier alpha value is -0.380. The van der Waals surface area contributed by atoms with Gasteiger partial charge in [0.15, 0.2) is 5.96 Å². The van der Waals surface area contributed by atoms with Gasteiger partial charge in [-0.2, -0.15) is 0 Å². The van der Waals surface area contributed by atoms with E-state index in [9.17, 15) is 0 Å². The molecule has 5 nitrogen and oxygen atoms in total. The summed E-state index contributed by atoms with van der Waals surface area (Å²) in [7, 11) is 4.06. The van der Waals surface area contributed by atoms with E-state index in [-0.39, 0.29) is 24.0 Å². The zero-order chi connectivity index (χ0) is 20.4. The third kappa shape index (κ3) is 9.53. The number of thiophene rings is 1. The molecule has 1 saturated heterocycles. The van der Waals surface area contributed by atoms with Gasteiger partial charge < -0.3 is 15.5 Å². The molecule has 1 atom stereocenters. The van der Waals surface area contributed by atoms with Crippen LogP contribution in [0.5, 0.6) is 0 Å². The second kappa shape index (κ2) is 14.6. The van der Waals surface area contributed by atoms with E-state index >= 15 is 0 Å². The summed E-state index contributed by atoms with van der Waals surface area (Å²) in [5.41, 5.74) is 0. The zero-order valence-corrected chi connectivity index (χ0v) is 22.1. The van der Waals surface area contributed by atoms with Crippen molar-refractivity contribution in [2.24, 2.45) is 10.9 Å². The molecule has 0 saturated carbocycles. The third-order valence-corrected chi connectivity index (χ3v) is 6.90. The Morgan fingerprint density at radius 3 is 2.59 bits per heavy atom. The van der Waals surface area contributed by atoms with Crippen molar-refractivity contribution in [2.45, 2.75) is 58.5 Å². The van der Waals surface area contributed by atoms with E-state index in [1.54, 1.807) is 0 Å². The van der Waals surface area contributed by atoms with Gasteiger partial charge in [0, 0.05) is 31.1 Å². The number of nitrogens with zero attached hydrogens (tertiary/aromatic N) is 3. The standard InChI is InChI=1S/C22H41N5S.HI/c1-18(2)26(5)13-7-6-12-24-22(23-4)25-17-20(21-9-8-16-28-21)27-14-10-19(3)11-15-27;/h8-9,16,18-20H,6-7,10-15,17H2,1-5H3,(H2,23,24,25);1H. The van der Waals surface area contributed by atoms with E-state index in [0.717, 1.165) is 37.9 Å². The fraction of sp³-hybridized carbons (Fsp3) is 0.773. The first kappa shape index (κ1) is 26.7. The van der Waals surface area contributed by atoms with Crippen LogP contribution in [0.25, 0.3) is 0 Å². The smallest absolute Gasteiger partial charge is 0.191 e. The van der Waals surface area contributed by atoms with E-state index in [0.29, 0.717) is 12.1 Å². The van der Waals surface area contributed by atoms with Crippen LogP contribution in [0.3, 0.4) is 0 Å². The third-order valence-electron chi connectivity index (χ3n) is 5.93. The Bertz CT molecular complexity index is 556. The van der Waals surface area contributed by atoms with Crippen LogP contribution in [0.2, 0.25) is 0 Å². The van der Waals surface area contributed by atoms with Gasteiger partial charge in [0.25, 0.3) is 0 Å². The number of hydrogen-bond donors (Lipinski definition) is 2. The fourth-order valence-electron chi connectivity index (χ4n) is 3.60. The van der Waals surface area contributed by atoms with E-state index in [1.165, 1.54) is 37.2 Å². The average Bonchev–Trinajstić information content (AvgIpc) is 3.21. The maximum atomic E-state index is 4.43. The van der Waals surface area contributed by atoms with Crippen LogP contribution in [0.15, 0.2) is 22.5 Å². The molecule has 2 heterocycles. The molecule has 0 amide bonds. The number of aliphatic imine (C=N–C) groups is 1. The van der Waals surface area contributed by atoms with Crippen molar-refractivity contribution in [2.75, 3.05) is 46.8 Å². The van der Waals surface area contributed by atoms with Gasteiger partial charge in [-0.25, -0.2) is 0 Å². The first-order valence-electron chi connectivity index (χ1n) is 10.9. The van der Waals surface area contributed by atoms with E-state index < -0.39 is 0 Å². The summed E-state index contributed by atoms with van der Waals surface area (Å²) < 4.78 is 0. The molecular weight excluding hydrogens is 493 g/mol. The van der Waals surface area contributed by atoms with Crippen molar-refractivity contribution in [3.63, 3.8) is 0 Å². The predicted molar refractivity (Wildman–Crippen MR) is 139 cm³/mol. The topological polar surface area (TPSA) is 42.9 Å². The van der Waals surface area contributed by atoms with Gasteiger partial charge in [0.05, 0.1) is 6.04 Å². The highest BCUT2D eigenvalue weighted by Gasteiger charge is 2.25. The van der Waals surface area contributed by atoms with Gasteiger partial charge in [-0.1, -0.05) is 13.0 Å². The van der Waals surface area contributed by atoms with Crippen molar-refractivity contribution in [3.8, 4) is 0 Å². The summed E-state index contributed by atoms with van der Waals surface area (Å²) in [6.07, 6.45) is 4.98. The SMILES string of the molecule is CN=C(NCCCCN(C)C(C)C)NCC(c1cccs1)N1CCC(C)CC1.I. The lowest BCUT2D eigenvalue weighted by Crippen LogP contribution is -2.45. The Balaban J connectivity index is 0.00000420. The quantitative estimate of drug-likeness (QED) is 0.202. The Morgan fingerprint density at radius 1 is 1.28 bits per heavy atom. The van der Waals surface area contributed by atoms with Crippen LogP contribution in [0.1, 0.15) is 57.4 Å². The monoisotopic (exact) mass is 535 g/mol. The zero-order valence-electron chi connectivity index (χ0n) is 19.0. The van der Waals surface area contributed by atoms with Crippen molar-refractivity contribution in [3.05, 3.63) is 22.4 Å². The number of piperidine rings is 1. The van der Waals surface area contributed by atoms with Crippen molar-refractivity contribution < 1.29 is 0 Å². The molecule has 2 rings (SSSR count). The summed E-state index contributed by atoms with van der Waals surface area (Å²) in [4.78, 5) is 10.9. The largest absolute Gasteiger partial charge is 0.356 e. The number of guanidine groups is 1. The van der Waals surface area contributed by atoms with Crippen LogP contribution in [-0.4, -0.2) is 68.6 Å². The normalized spacial score (nSPS) is 17.4. The van der Waals surface area contributed by atoms with Crippen LogP contribution in [-0.2, 0) is 0 Å². The Labute approximate surface area is 199 Å². The molecule has 1 aliphatic rings. The fourth-order valence-corrected chi connectivity index (χ4v) is 4.46. The minimum absolute atomic E-state index is 0. The minimum atomic E-state index is 0. The van der Waals surface area contributed by atoms with E-state index in [1.807, 2.05) is 18.4 Å². The molecule has 168 valence electrons. The van der Waals surface area contributed by atoms with Gasteiger partial charge in [-0.3, -0.25) is 9.89 Å². The molecule has 1 aromatic heterocycles. The number of likely N-dealkylation sites (tertiary alicyclic amines) is 1. The number of hydrogen-bond acceptors (Lipinski definition) is 4. The lowest BCUT2D eigenvalue weighted by Gasteiger charge is -2.36. The van der Waals surface area contributed by atoms with Crippen LogP contribution < -0.4 is 10.6 Å². The summed E-state index contributed by atoms with van der Waals surface area (Å²) in [6.45, 7) is 12.3. The second-order valence-corrected chi connectivity index (χ2v) is 9.39. The highest BCUT2D eigenvalue weighted by Crippen LogP contribution is 2.29. The maximum Gasteiger partial charge on any atom is 0.191 e. The van der Waals surface area contributed by atoms with Crippen molar-refractivity contribution in [1.29, 1.82) is 0 Å². The Kier molecular flexibility index (Phi) is 13.4.